The van der Waals surface area contributed by atoms with E-state index in [0.717, 1.165) is 11.3 Å². The first-order valence-electron chi connectivity index (χ1n) is 8.60. The summed E-state index contributed by atoms with van der Waals surface area (Å²) < 4.78 is 5.67. The van der Waals surface area contributed by atoms with E-state index in [1.165, 1.54) is 10.5 Å². The van der Waals surface area contributed by atoms with Gasteiger partial charge in [-0.15, -0.1) is 0 Å². The lowest BCUT2D eigenvalue weighted by molar-refractivity contribution is -0.116. The Bertz CT molecular complexity index is 811. The minimum absolute atomic E-state index is 0.0883. The van der Waals surface area contributed by atoms with Crippen LogP contribution in [-0.4, -0.2) is 43.6 Å². The number of anilines is 1. The molecule has 2 aromatic carbocycles. The standard InChI is InChI=1S/C20H24ClN3O3/c1-14-8-9-18(15(2)12-14)27-11-10-22-20(26)24(3)13-19(25)23-17-7-5-4-6-16(17)21/h4-9,12H,10-11,13H2,1-3H3,(H,22,26)(H,23,25). The first-order valence-corrected chi connectivity index (χ1v) is 8.98. The Hall–Kier alpha value is -2.73. The summed E-state index contributed by atoms with van der Waals surface area (Å²) in [6.07, 6.45) is 0. The van der Waals surface area contributed by atoms with Crippen molar-refractivity contribution in [2.45, 2.75) is 13.8 Å². The van der Waals surface area contributed by atoms with Gasteiger partial charge in [-0.3, -0.25) is 4.79 Å². The van der Waals surface area contributed by atoms with Crippen LogP contribution < -0.4 is 15.4 Å². The highest BCUT2D eigenvalue weighted by atomic mass is 35.5. The van der Waals surface area contributed by atoms with E-state index in [4.69, 9.17) is 16.3 Å². The molecule has 0 spiro atoms. The number of rotatable bonds is 7. The van der Waals surface area contributed by atoms with E-state index < -0.39 is 0 Å². The molecule has 0 radical (unpaired) electrons. The number of benzene rings is 2. The Kier molecular flexibility index (Phi) is 7.49. The number of nitrogens with zero attached hydrogens (tertiary/aromatic N) is 1. The summed E-state index contributed by atoms with van der Waals surface area (Å²) in [5.74, 6) is 0.467. The lowest BCUT2D eigenvalue weighted by atomic mass is 10.1. The van der Waals surface area contributed by atoms with Gasteiger partial charge in [0.2, 0.25) is 5.91 Å². The summed E-state index contributed by atoms with van der Waals surface area (Å²) in [6, 6.07) is 12.5. The Morgan fingerprint density at radius 3 is 2.59 bits per heavy atom. The van der Waals surface area contributed by atoms with Gasteiger partial charge < -0.3 is 20.3 Å². The van der Waals surface area contributed by atoms with Gasteiger partial charge in [0.1, 0.15) is 18.9 Å². The molecule has 0 aliphatic heterocycles. The normalized spacial score (nSPS) is 10.2. The zero-order valence-corrected chi connectivity index (χ0v) is 16.5. The summed E-state index contributed by atoms with van der Waals surface area (Å²) in [5.41, 5.74) is 2.74. The molecule has 0 saturated carbocycles. The zero-order chi connectivity index (χ0) is 19.8. The van der Waals surface area contributed by atoms with Crippen LogP contribution in [0.1, 0.15) is 11.1 Å². The number of aryl methyl sites for hydroxylation is 2. The molecule has 0 atom stereocenters. The van der Waals surface area contributed by atoms with E-state index in [0.29, 0.717) is 23.9 Å². The number of urea groups is 1. The second-order valence-electron chi connectivity index (χ2n) is 6.23. The predicted octanol–water partition coefficient (Wildman–Crippen LogP) is 3.62. The molecule has 2 rings (SSSR count). The number of nitrogens with one attached hydrogen (secondary N) is 2. The van der Waals surface area contributed by atoms with Crippen LogP contribution in [0.5, 0.6) is 5.75 Å². The Morgan fingerprint density at radius 1 is 1.15 bits per heavy atom. The molecule has 144 valence electrons. The van der Waals surface area contributed by atoms with E-state index in [1.54, 1.807) is 31.3 Å². The molecule has 0 fully saturated rings. The number of likely N-dealkylation sites (N-methyl/N-ethyl adjacent to an activating group) is 1. The van der Waals surface area contributed by atoms with Crippen LogP contribution >= 0.6 is 11.6 Å². The molecule has 0 heterocycles. The van der Waals surface area contributed by atoms with Crippen molar-refractivity contribution in [3.63, 3.8) is 0 Å². The van der Waals surface area contributed by atoms with Crippen molar-refractivity contribution in [2.75, 3.05) is 32.1 Å². The number of carbonyl (C=O) groups excluding carboxylic acids is 2. The number of ether oxygens (including phenoxy) is 1. The first-order chi connectivity index (χ1) is 12.9. The summed E-state index contributed by atoms with van der Waals surface area (Å²) in [4.78, 5) is 25.4. The van der Waals surface area contributed by atoms with Gasteiger partial charge in [0.25, 0.3) is 0 Å². The van der Waals surface area contributed by atoms with Crippen LogP contribution in [-0.2, 0) is 4.79 Å². The monoisotopic (exact) mass is 389 g/mol. The van der Waals surface area contributed by atoms with E-state index in [2.05, 4.69) is 10.6 Å². The first kappa shape index (κ1) is 20.6. The van der Waals surface area contributed by atoms with Crippen LogP contribution in [0.25, 0.3) is 0 Å². The van der Waals surface area contributed by atoms with Gasteiger partial charge in [0.15, 0.2) is 0 Å². The van der Waals surface area contributed by atoms with Gasteiger partial charge in [-0.25, -0.2) is 4.79 Å². The topological polar surface area (TPSA) is 70.7 Å². The fourth-order valence-electron chi connectivity index (χ4n) is 2.45. The number of amides is 3. The smallest absolute Gasteiger partial charge is 0.317 e. The maximum absolute atomic E-state index is 12.1. The van der Waals surface area contributed by atoms with Crippen LogP contribution in [0.2, 0.25) is 5.02 Å². The Morgan fingerprint density at radius 2 is 1.89 bits per heavy atom. The molecule has 2 N–H and O–H groups in total. The third-order valence-electron chi connectivity index (χ3n) is 3.84. The molecule has 0 aliphatic carbocycles. The number of para-hydroxylation sites is 1. The van der Waals surface area contributed by atoms with Crippen molar-refractivity contribution in [3.8, 4) is 5.75 Å². The lowest BCUT2D eigenvalue weighted by Gasteiger charge is -2.18. The van der Waals surface area contributed by atoms with Crippen molar-refractivity contribution < 1.29 is 14.3 Å². The summed E-state index contributed by atoms with van der Waals surface area (Å²) >= 11 is 6.00. The molecular weight excluding hydrogens is 366 g/mol. The van der Waals surface area contributed by atoms with E-state index >= 15 is 0 Å². The number of halogens is 1. The van der Waals surface area contributed by atoms with Gasteiger partial charge in [-0.1, -0.05) is 41.4 Å². The molecule has 6 nitrogen and oxygen atoms in total. The number of carbonyl (C=O) groups is 2. The highest BCUT2D eigenvalue weighted by Crippen LogP contribution is 2.20. The van der Waals surface area contributed by atoms with Crippen LogP contribution in [0.4, 0.5) is 10.5 Å². The minimum atomic E-state index is -0.353. The molecule has 0 bridgehead atoms. The molecule has 2 aromatic rings. The molecular formula is C20H24ClN3O3. The van der Waals surface area contributed by atoms with E-state index in [1.807, 2.05) is 32.0 Å². The SMILES string of the molecule is Cc1ccc(OCCNC(=O)N(C)CC(=O)Nc2ccccc2Cl)c(C)c1. The van der Waals surface area contributed by atoms with E-state index in [9.17, 15) is 9.59 Å². The maximum Gasteiger partial charge on any atom is 0.317 e. The van der Waals surface area contributed by atoms with Gasteiger partial charge in [-0.2, -0.15) is 0 Å². The lowest BCUT2D eigenvalue weighted by Crippen LogP contribution is -2.42. The largest absolute Gasteiger partial charge is 0.491 e. The highest BCUT2D eigenvalue weighted by molar-refractivity contribution is 6.33. The molecule has 0 aliphatic rings. The fourth-order valence-corrected chi connectivity index (χ4v) is 2.64. The number of hydrogen-bond donors (Lipinski definition) is 2. The van der Waals surface area contributed by atoms with Gasteiger partial charge in [0, 0.05) is 7.05 Å². The minimum Gasteiger partial charge on any atom is -0.491 e. The average molecular weight is 390 g/mol. The molecule has 0 saturated heterocycles. The van der Waals surface area contributed by atoms with Crippen molar-refractivity contribution in [1.82, 2.24) is 10.2 Å². The fraction of sp³-hybridized carbons (Fsp3) is 0.300. The molecule has 27 heavy (non-hydrogen) atoms. The van der Waals surface area contributed by atoms with Gasteiger partial charge in [0.05, 0.1) is 17.3 Å². The molecule has 7 heteroatoms. The second-order valence-corrected chi connectivity index (χ2v) is 6.64. The van der Waals surface area contributed by atoms with Crippen LogP contribution in [0.15, 0.2) is 42.5 Å². The number of hydrogen-bond acceptors (Lipinski definition) is 3. The second kappa shape index (κ2) is 9.83. The molecule has 0 aromatic heterocycles. The highest BCUT2D eigenvalue weighted by Gasteiger charge is 2.13. The van der Waals surface area contributed by atoms with Crippen LogP contribution in [0, 0.1) is 13.8 Å². The van der Waals surface area contributed by atoms with Crippen LogP contribution in [0.3, 0.4) is 0 Å². The summed E-state index contributed by atoms with van der Waals surface area (Å²) in [7, 11) is 1.55. The average Bonchev–Trinajstić information content (AvgIpc) is 2.61. The van der Waals surface area contributed by atoms with Gasteiger partial charge in [-0.05, 0) is 37.6 Å². The zero-order valence-electron chi connectivity index (χ0n) is 15.7. The van der Waals surface area contributed by atoms with Crippen molar-refractivity contribution in [2.24, 2.45) is 0 Å². The predicted molar refractivity (Wildman–Crippen MR) is 108 cm³/mol. The quantitative estimate of drug-likeness (QED) is 0.710. The van der Waals surface area contributed by atoms with Crippen molar-refractivity contribution in [3.05, 3.63) is 58.6 Å². The Balaban J connectivity index is 1.72. The maximum atomic E-state index is 12.1. The summed E-state index contributed by atoms with van der Waals surface area (Å²) in [5, 5.41) is 5.84. The van der Waals surface area contributed by atoms with Crippen molar-refractivity contribution in [1.29, 1.82) is 0 Å². The third kappa shape index (κ3) is 6.49. The Labute approximate surface area is 164 Å². The molecule has 0 unspecified atom stereocenters. The summed E-state index contributed by atoms with van der Waals surface area (Å²) in [6.45, 7) is 4.59. The van der Waals surface area contributed by atoms with Crippen molar-refractivity contribution >= 4 is 29.2 Å². The molecule has 3 amide bonds. The third-order valence-corrected chi connectivity index (χ3v) is 4.17. The van der Waals surface area contributed by atoms with Gasteiger partial charge >= 0.3 is 6.03 Å². The van der Waals surface area contributed by atoms with E-state index in [-0.39, 0.29) is 18.5 Å².